The molecule has 0 saturated heterocycles. The average molecular weight is 456 g/mol. The first-order chi connectivity index (χ1) is 16.6. The summed E-state index contributed by atoms with van der Waals surface area (Å²) in [4.78, 5) is 30.7. The fourth-order valence-corrected chi connectivity index (χ4v) is 4.15. The Morgan fingerprint density at radius 3 is 2.09 bits per heavy atom. The van der Waals surface area contributed by atoms with E-state index in [0.717, 1.165) is 24.5 Å². The van der Waals surface area contributed by atoms with Gasteiger partial charge in [0, 0.05) is 24.5 Å². The van der Waals surface area contributed by atoms with Gasteiger partial charge in [0.25, 0.3) is 11.8 Å². The van der Waals surface area contributed by atoms with Gasteiger partial charge in [-0.3, -0.25) is 9.59 Å². The molecule has 1 aliphatic rings. The Bertz CT molecular complexity index is 1200. The van der Waals surface area contributed by atoms with Crippen LogP contribution in [0.4, 0.5) is 17.1 Å². The molecule has 174 valence electrons. The standard InChI is InChI=1S/C28H29N3O3/c1-4-30(5-2)22-18-16-21(17-19-22)29-26-25(20-12-8-7-9-13-20)27(32)31(28(26)33)23-14-10-11-15-24(23)34-6-3/h7-19,29H,4-6H2,1-3H3. The smallest absolute Gasteiger partial charge is 0.282 e. The van der Waals surface area contributed by atoms with E-state index >= 15 is 0 Å². The molecule has 0 spiro atoms. The number of nitrogens with zero attached hydrogens (tertiary/aromatic N) is 2. The minimum atomic E-state index is -0.413. The van der Waals surface area contributed by atoms with Crippen LogP contribution in [-0.4, -0.2) is 31.5 Å². The first-order valence-electron chi connectivity index (χ1n) is 11.6. The normalized spacial score (nSPS) is 13.4. The second-order valence-corrected chi connectivity index (χ2v) is 7.81. The fourth-order valence-electron chi connectivity index (χ4n) is 4.15. The van der Waals surface area contributed by atoms with Crippen molar-refractivity contribution in [1.29, 1.82) is 0 Å². The lowest BCUT2D eigenvalue weighted by Crippen LogP contribution is -2.32. The van der Waals surface area contributed by atoms with Gasteiger partial charge in [-0.2, -0.15) is 0 Å². The quantitative estimate of drug-likeness (QED) is 0.442. The second kappa shape index (κ2) is 10.3. The van der Waals surface area contributed by atoms with Gasteiger partial charge in [0.2, 0.25) is 0 Å². The van der Waals surface area contributed by atoms with Gasteiger partial charge in [0.1, 0.15) is 11.4 Å². The molecule has 1 aliphatic heterocycles. The Hall–Kier alpha value is -4.06. The predicted octanol–water partition coefficient (Wildman–Crippen LogP) is 5.33. The molecule has 0 saturated carbocycles. The zero-order chi connectivity index (χ0) is 24.1. The molecule has 3 aromatic rings. The summed E-state index contributed by atoms with van der Waals surface area (Å²) < 4.78 is 5.71. The molecule has 0 aromatic heterocycles. The molecule has 1 N–H and O–H groups in total. The monoisotopic (exact) mass is 455 g/mol. The maximum atomic E-state index is 13.6. The maximum Gasteiger partial charge on any atom is 0.282 e. The summed E-state index contributed by atoms with van der Waals surface area (Å²) in [6.45, 7) is 8.35. The fraction of sp³-hybridized carbons (Fsp3) is 0.214. The van der Waals surface area contributed by atoms with Crippen molar-refractivity contribution >= 4 is 34.4 Å². The molecule has 0 radical (unpaired) electrons. The zero-order valence-electron chi connectivity index (χ0n) is 19.7. The lowest BCUT2D eigenvalue weighted by atomic mass is 10.0. The largest absolute Gasteiger partial charge is 0.492 e. The lowest BCUT2D eigenvalue weighted by molar-refractivity contribution is -0.120. The molecule has 2 amide bonds. The summed E-state index contributed by atoms with van der Waals surface area (Å²) in [7, 11) is 0. The number of rotatable bonds is 9. The van der Waals surface area contributed by atoms with Crippen LogP contribution in [0.25, 0.3) is 5.57 Å². The number of para-hydroxylation sites is 2. The highest BCUT2D eigenvalue weighted by Crippen LogP contribution is 2.38. The van der Waals surface area contributed by atoms with Crippen LogP contribution >= 0.6 is 0 Å². The maximum absolute atomic E-state index is 13.6. The highest BCUT2D eigenvalue weighted by atomic mass is 16.5. The van der Waals surface area contributed by atoms with Crippen molar-refractivity contribution in [2.45, 2.75) is 20.8 Å². The van der Waals surface area contributed by atoms with Crippen molar-refractivity contribution in [1.82, 2.24) is 0 Å². The van der Waals surface area contributed by atoms with Crippen LogP contribution in [0.15, 0.2) is 84.6 Å². The summed E-state index contributed by atoms with van der Waals surface area (Å²) in [6.07, 6.45) is 0. The number of benzene rings is 3. The number of nitrogens with one attached hydrogen (secondary N) is 1. The van der Waals surface area contributed by atoms with Crippen LogP contribution < -0.4 is 19.9 Å². The van der Waals surface area contributed by atoms with Crippen LogP contribution in [0.5, 0.6) is 5.75 Å². The molecule has 4 rings (SSSR count). The SMILES string of the molecule is CCOc1ccccc1N1C(=O)C(Nc2ccc(N(CC)CC)cc2)=C(c2ccccc2)C1=O. The van der Waals surface area contributed by atoms with E-state index in [0.29, 0.717) is 29.2 Å². The highest BCUT2D eigenvalue weighted by Gasteiger charge is 2.41. The third-order valence-corrected chi connectivity index (χ3v) is 5.82. The van der Waals surface area contributed by atoms with Gasteiger partial charge in [-0.05, 0) is 62.7 Å². The molecule has 34 heavy (non-hydrogen) atoms. The molecular formula is C28H29N3O3. The highest BCUT2D eigenvalue weighted by molar-refractivity contribution is 6.46. The van der Waals surface area contributed by atoms with Crippen molar-refractivity contribution in [2.24, 2.45) is 0 Å². The molecule has 6 heteroatoms. The number of carbonyl (C=O) groups excluding carboxylic acids is 2. The van der Waals surface area contributed by atoms with Gasteiger partial charge < -0.3 is 15.0 Å². The van der Waals surface area contributed by atoms with E-state index in [-0.39, 0.29) is 11.6 Å². The third-order valence-electron chi connectivity index (χ3n) is 5.82. The van der Waals surface area contributed by atoms with Gasteiger partial charge in [-0.1, -0.05) is 42.5 Å². The number of amides is 2. The van der Waals surface area contributed by atoms with Crippen molar-refractivity contribution in [3.05, 3.63) is 90.1 Å². The van der Waals surface area contributed by atoms with Crippen LogP contribution in [0.1, 0.15) is 26.3 Å². The summed E-state index contributed by atoms with van der Waals surface area (Å²) in [5, 5.41) is 3.23. The van der Waals surface area contributed by atoms with E-state index in [1.807, 2.05) is 67.6 Å². The van der Waals surface area contributed by atoms with Crippen molar-refractivity contribution < 1.29 is 14.3 Å². The number of hydrogen-bond donors (Lipinski definition) is 1. The van der Waals surface area contributed by atoms with Crippen molar-refractivity contribution in [3.63, 3.8) is 0 Å². The lowest BCUT2D eigenvalue weighted by Gasteiger charge is -2.21. The van der Waals surface area contributed by atoms with Crippen LogP contribution in [-0.2, 0) is 9.59 Å². The molecule has 6 nitrogen and oxygen atoms in total. The Kier molecular flexibility index (Phi) is 6.97. The van der Waals surface area contributed by atoms with Crippen LogP contribution in [0, 0.1) is 0 Å². The molecule has 0 unspecified atom stereocenters. The summed E-state index contributed by atoms with van der Waals surface area (Å²) in [5.74, 6) is -0.307. The summed E-state index contributed by atoms with van der Waals surface area (Å²) >= 11 is 0. The second-order valence-electron chi connectivity index (χ2n) is 7.81. The zero-order valence-corrected chi connectivity index (χ0v) is 19.7. The van der Waals surface area contributed by atoms with Crippen molar-refractivity contribution in [3.8, 4) is 5.75 Å². The first kappa shape index (κ1) is 23.1. The Labute approximate surface area is 200 Å². The van der Waals surface area contributed by atoms with E-state index in [1.54, 1.807) is 18.2 Å². The number of ether oxygens (including phenoxy) is 1. The van der Waals surface area contributed by atoms with Crippen LogP contribution in [0.3, 0.4) is 0 Å². The Morgan fingerprint density at radius 2 is 1.44 bits per heavy atom. The number of carbonyl (C=O) groups is 2. The number of anilines is 3. The average Bonchev–Trinajstić information content (AvgIpc) is 3.11. The van der Waals surface area contributed by atoms with Gasteiger partial charge in [-0.15, -0.1) is 0 Å². The third kappa shape index (κ3) is 4.39. The molecular weight excluding hydrogens is 426 g/mol. The van der Waals surface area contributed by atoms with E-state index in [4.69, 9.17) is 4.74 Å². The van der Waals surface area contributed by atoms with E-state index in [2.05, 4.69) is 24.1 Å². The Morgan fingerprint density at radius 1 is 0.794 bits per heavy atom. The van der Waals surface area contributed by atoms with Crippen LogP contribution in [0.2, 0.25) is 0 Å². The van der Waals surface area contributed by atoms with Gasteiger partial charge >= 0.3 is 0 Å². The molecule has 3 aromatic carbocycles. The molecule has 0 fully saturated rings. The van der Waals surface area contributed by atoms with Gasteiger partial charge in [0.15, 0.2) is 0 Å². The number of imide groups is 1. The minimum Gasteiger partial charge on any atom is -0.492 e. The Balaban J connectivity index is 1.74. The number of hydrogen-bond acceptors (Lipinski definition) is 5. The molecule has 0 atom stereocenters. The summed E-state index contributed by atoms with van der Waals surface area (Å²) in [6, 6.07) is 24.3. The molecule has 0 bridgehead atoms. The van der Waals surface area contributed by atoms with E-state index in [1.165, 1.54) is 4.90 Å². The topological polar surface area (TPSA) is 61.9 Å². The summed E-state index contributed by atoms with van der Waals surface area (Å²) in [5.41, 5.74) is 3.54. The first-order valence-corrected chi connectivity index (χ1v) is 11.6. The van der Waals surface area contributed by atoms with E-state index < -0.39 is 5.91 Å². The predicted molar refractivity (Wildman–Crippen MR) is 137 cm³/mol. The van der Waals surface area contributed by atoms with Gasteiger partial charge in [0.05, 0.1) is 17.9 Å². The minimum absolute atomic E-state index is 0.248. The van der Waals surface area contributed by atoms with E-state index in [9.17, 15) is 9.59 Å². The van der Waals surface area contributed by atoms with Crippen molar-refractivity contribution in [2.75, 3.05) is 34.8 Å². The van der Waals surface area contributed by atoms with Gasteiger partial charge in [-0.25, -0.2) is 4.90 Å². The molecule has 0 aliphatic carbocycles. The molecule has 1 heterocycles.